The lowest BCUT2D eigenvalue weighted by Gasteiger charge is -2.33. The average Bonchev–Trinajstić information content (AvgIpc) is 2.62. The lowest BCUT2D eigenvalue weighted by molar-refractivity contribution is -0.153. The number of amides is 1. The minimum Gasteiger partial charge on any atom is -0.484 e. The number of carbonyl (C=O) groups excluding carboxylic acids is 1. The second-order valence-corrected chi connectivity index (χ2v) is 9.09. The van der Waals surface area contributed by atoms with Crippen LogP contribution in [0.25, 0.3) is 0 Å². The number of halogens is 1. The highest BCUT2D eigenvalue weighted by molar-refractivity contribution is 8.02. The third-order valence-electron chi connectivity index (χ3n) is 3.69. The SMILES string of the molecule is CC1(C)SC(C)(C)N(C(=O)COc2ccc(Cl)cc2)C1C(=O)O. The number of hydrogen-bond acceptors (Lipinski definition) is 4. The van der Waals surface area contributed by atoms with E-state index in [1.54, 1.807) is 24.3 Å². The highest BCUT2D eigenvalue weighted by atomic mass is 35.5. The number of nitrogens with zero attached hydrogens (tertiary/aromatic N) is 1. The van der Waals surface area contributed by atoms with Crippen molar-refractivity contribution in [2.24, 2.45) is 0 Å². The molecule has 1 N–H and O–H groups in total. The number of rotatable bonds is 4. The van der Waals surface area contributed by atoms with Crippen LogP contribution in [0.2, 0.25) is 5.02 Å². The third kappa shape index (κ3) is 3.75. The van der Waals surface area contributed by atoms with Gasteiger partial charge >= 0.3 is 5.97 Å². The van der Waals surface area contributed by atoms with Gasteiger partial charge in [0.25, 0.3) is 5.91 Å². The van der Waals surface area contributed by atoms with Gasteiger partial charge < -0.3 is 14.7 Å². The molecule has 1 aromatic carbocycles. The summed E-state index contributed by atoms with van der Waals surface area (Å²) in [6.45, 7) is 7.16. The molecule has 2 rings (SSSR count). The fourth-order valence-corrected chi connectivity index (χ4v) is 5.00. The first-order chi connectivity index (χ1) is 10.5. The smallest absolute Gasteiger partial charge is 0.327 e. The predicted molar refractivity (Wildman–Crippen MR) is 91.0 cm³/mol. The van der Waals surface area contributed by atoms with E-state index >= 15 is 0 Å². The highest BCUT2D eigenvalue weighted by Gasteiger charge is 2.57. The predicted octanol–water partition coefficient (Wildman–Crippen LogP) is 3.26. The molecule has 1 aromatic rings. The maximum Gasteiger partial charge on any atom is 0.327 e. The second kappa shape index (κ2) is 6.24. The number of ether oxygens (including phenoxy) is 1. The summed E-state index contributed by atoms with van der Waals surface area (Å²) in [6, 6.07) is 5.76. The first kappa shape index (κ1) is 17.9. The van der Waals surface area contributed by atoms with Gasteiger partial charge in [-0.15, -0.1) is 11.8 Å². The van der Waals surface area contributed by atoms with Crippen molar-refractivity contribution in [3.05, 3.63) is 29.3 Å². The molecule has 0 spiro atoms. The standard InChI is InChI=1S/C16H20ClNO4S/c1-15(2)13(14(20)21)18(16(3,4)23-15)12(19)9-22-11-7-5-10(17)6-8-11/h5-8,13H,9H2,1-4H3,(H,20,21). The molecule has 1 amide bonds. The molecule has 0 aromatic heterocycles. The van der Waals surface area contributed by atoms with E-state index in [4.69, 9.17) is 16.3 Å². The molecule has 1 aliphatic heterocycles. The summed E-state index contributed by atoms with van der Waals surface area (Å²) in [5, 5.41) is 10.1. The zero-order valence-electron chi connectivity index (χ0n) is 13.5. The van der Waals surface area contributed by atoms with Crippen LogP contribution in [0, 0.1) is 0 Å². The first-order valence-electron chi connectivity index (χ1n) is 7.18. The fraction of sp³-hybridized carbons (Fsp3) is 0.500. The van der Waals surface area contributed by atoms with Crippen molar-refractivity contribution in [2.75, 3.05) is 6.61 Å². The van der Waals surface area contributed by atoms with E-state index in [0.29, 0.717) is 10.8 Å². The van der Waals surface area contributed by atoms with Gasteiger partial charge in [-0.1, -0.05) is 11.6 Å². The van der Waals surface area contributed by atoms with Crippen molar-refractivity contribution in [3.8, 4) is 5.75 Å². The molecule has 0 bridgehead atoms. The summed E-state index contributed by atoms with van der Waals surface area (Å²) in [5.41, 5.74) is 0. The zero-order valence-corrected chi connectivity index (χ0v) is 15.1. The maximum absolute atomic E-state index is 12.6. The molecule has 126 valence electrons. The number of hydrogen-bond donors (Lipinski definition) is 1. The van der Waals surface area contributed by atoms with Crippen LogP contribution < -0.4 is 4.74 Å². The van der Waals surface area contributed by atoms with Gasteiger partial charge in [-0.2, -0.15) is 0 Å². The Bertz CT molecular complexity index is 615. The molecule has 7 heteroatoms. The van der Waals surface area contributed by atoms with Crippen molar-refractivity contribution in [3.63, 3.8) is 0 Å². The summed E-state index contributed by atoms with van der Waals surface area (Å²) in [4.78, 5) is 25.1. The maximum atomic E-state index is 12.6. The van der Waals surface area contributed by atoms with Crippen LogP contribution in [0.1, 0.15) is 27.7 Å². The first-order valence-corrected chi connectivity index (χ1v) is 8.37. The van der Waals surface area contributed by atoms with Crippen LogP contribution in [0.4, 0.5) is 0 Å². The second-order valence-electron chi connectivity index (χ2n) is 6.40. The van der Waals surface area contributed by atoms with E-state index in [9.17, 15) is 14.7 Å². The van der Waals surface area contributed by atoms with Crippen molar-refractivity contribution in [1.29, 1.82) is 0 Å². The molecule has 1 fully saturated rings. The summed E-state index contributed by atoms with van der Waals surface area (Å²) >= 11 is 7.27. The van der Waals surface area contributed by atoms with Gasteiger partial charge in [0.05, 0.1) is 4.87 Å². The minimum absolute atomic E-state index is 0.217. The van der Waals surface area contributed by atoms with Crippen LogP contribution in [-0.4, -0.2) is 44.1 Å². The van der Waals surface area contributed by atoms with Crippen LogP contribution in [0.3, 0.4) is 0 Å². The third-order valence-corrected chi connectivity index (χ3v) is 5.39. The molecule has 1 aliphatic rings. The number of carboxylic acids is 1. The number of thioether (sulfide) groups is 1. The fourth-order valence-electron chi connectivity index (χ4n) is 2.97. The van der Waals surface area contributed by atoms with E-state index in [-0.39, 0.29) is 12.5 Å². The van der Waals surface area contributed by atoms with E-state index in [1.165, 1.54) is 16.7 Å². The largest absolute Gasteiger partial charge is 0.484 e. The Balaban J connectivity index is 2.15. The molecule has 1 saturated heterocycles. The van der Waals surface area contributed by atoms with Gasteiger partial charge in [-0.05, 0) is 52.0 Å². The Morgan fingerprint density at radius 2 is 1.83 bits per heavy atom. The van der Waals surface area contributed by atoms with E-state index < -0.39 is 21.6 Å². The lowest BCUT2D eigenvalue weighted by Crippen LogP contribution is -2.54. The van der Waals surface area contributed by atoms with Gasteiger partial charge in [0.2, 0.25) is 0 Å². The van der Waals surface area contributed by atoms with Crippen LogP contribution in [0.15, 0.2) is 24.3 Å². The minimum atomic E-state index is -1.01. The number of carbonyl (C=O) groups is 2. The Morgan fingerprint density at radius 3 is 2.35 bits per heavy atom. The van der Waals surface area contributed by atoms with Crippen molar-refractivity contribution < 1.29 is 19.4 Å². The Kier molecular flexibility index (Phi) is 4.87. The van der Waals surface area contributed by atoms with Crippen molar-refractivity contribution in [1.82, 2.24) is 4.90 Å². The summed E-state index contributed by atoms with van der Waals surface area (Å²) in [5.74, 6) is -0.845. The topological polar surface area (TPSA) is 66.8 Å². The van der Waals surface area contributed by atoms with Gasteiger partial charge in [0.1, 0.15) is 11.8 Å². The molecular formula is C16H20ClNO4S. The van der Waals surface area contributed by atoms with E-state index in [0.717, 1.165) is 0 Å². The van der Waals surface area contributed by atoms with Gasteiger partial charge in [0, 0.05) is 9.77 Å². The van der Waals surface area contributed by atoms with Crippen molar-refractivity contribution in [2.45, 2.75) is 43.4 Å². The number of carboxylic acid groups (broad SMARTS) is 1. The monoisotopic (exact) mass is 357 g/mol. The molecule has 0 aliphatic carbocycles. The molecular weight excluding hydrogens is 338 g/mol. The lowest BCUT2D eigenvalue weighted by atomic mass is 10.0. The van der Waals surface area contributed by atoms with Gasteiger partial charge in [0.15, 0.2) is 6.61 Å². The highest BCUT2D eigenvalue weighted by Crippen LogP contribution is 2.50. The molecule has 1 unspecified atom stereocenters. The van der Waals surface area contributed by atoms with Gasteiger partial charge in [-0.3, -0.25) is 4.79 Å². The summed E-state index contributed by atoms with van der Waals surface area (Å²) in [7, 11) is 0. The van der Waals surface area contributed by atoms with E-state index in [1.807, 2.05) is 27.7 Å². The summed E-state index contributed by atoms with van der Waals surface area (Å²) < 4.78 is 4.89. The number of aliphatic carboxylic acids is 1. The normalized spacial score (nSPS) is 22.0. The van der Waals surface area contributed by atoms with Crippen LogP contribution in [-0.2, 0) is 9.59 Å². The van der Waals surface area contributed by atoms with Crippen LogP contribution in [0.5, 0.6) is 5.75 Å². The Hall–Kier alpha value is -1.40. The molecule has 0 radical (unpaired) electrons. The molecule has 1 heterocycles. The van der Waals surface area contributed by atoms with Gasteiger partial charge in [-0.25, -0.2) is 4.79 Å². The molecule has 23 heavy (non-hydrogen) atoms. The molecule has 1 atom stereocenters. The average molecular weight is 358 g/mol. The van der Waals surface area contributed by atoms with E-state index in [2.05, 4.69) is 0 Å². The molecule has 0 saturated carbocycles. The Morgan fingerprint density at radius 1 is 1.26 bits per heavy atom. The quantitative estimate of drug-likeness (QED) is 0.895. The zero-order chi connectivity index (χ0) is 17.4. The Labute approximate surface area is 144 Å². The number of benzene rings is 1. The van der Waals surface area contributed by atoms with Crippen LogP contribution >= 0.6 is 23.4 Å². The summed E-state index contributed by atoms with van der Waals surface area (Å²) in [6.07, 6.45) is 0. The van der Waals surface area contributed by atoms with Crippen molar-refractivity contribution >= 4 is 35.2 Å². The molecule has 5 nitrogen and oxygen atoms in total.